The number of nitrogens with zero attached hydrogens (tertiary/aromatic N) is 3. The molecule has 28 heavy (non-hydrogen) atoms. The summed E-state index contributed by atoms with van der Waals surface area (Å²) in [6.45, 7) is 6.89. The summed E-state index contributed by atoms with van der Waals surface area (Å²) in [6.07, 6.45) is 3.53. The van der Waals surface area contributed by atoms with Crippen molar-refractivity contribution >= 4 is 16.6 Å². The Kier molecular flexibility index (Phi) is 5.69. The van der Waals surface area contributed by atoms with E-state index in [0.717, 1.165) is 39.2 Å². The minimum absolute atomic E-state index is 0.271. The zero-order valence-corrected chi connectivity index (χ0v) is 17.3. The van der Waals surface area contributed by atoms with E-state index in [4.69, 9.17) is 4.74 Å². The summed E-state index contributed by atoms with van der Waals surface area (Å²) < 4.78 is 8.37. The van der Waals surface area contributed by atoms with Crippen LogP contribution < -0.4 is 4.90 Å². The van der Waals surface area contributed by atoms with Gasteiger partial charge >= 0.3 is 0 Å². The smallest absolute Gasteiger partial charge is 0.0877 e. The fraction of sp³-hybridized carbons (Fsp3) is 0.417. The van der Waals surface area contributed by atoms with Crippen molar-refractivity contribution in [3.05, 3.63) is 65.9 Å². The lowest BCUT2D eigenvalue weighted by Gasteiger charge is -2.36. The highest BCUT2D eigenvalue weighted by molar-refractivity contribution is 5.83. The van der Waals surface area contributed by atoms with Crippen LogP contribution in [0.2, 0.25) is 0 Å². The molecule has 148 valence electrons. The minimum Gasteiger partial charge on any atom is -0.373 e. The van der Waals surface area contributed by atoms with Crippen LogP contribution in [0.5, 0.6) is 0 Å². The standard InChI is InChI=1S/C24H31N3O/c1-19-7-6-9-21-12-14-26(24(19)21)13-11-20-8-4-5-10-23(20)27-15-16-28-22(18-27)17-25(2)3/h4-10,12,14,22H,11,13,15-18H2,1-3H3. The largest absolute Gasteiger partial charge is 0.373 e. The van der Waals surface area contributed by atoms with Gasteiger partial charge in [0.05, 0.1) is 18.2 Å². The molecule has 2 heterocycles. The zero-order valence-electron chi connectivity index (χ0n) is 17.3. The molecule has 0 spiro atoms. The first-order valence-corrected chi connectivity index (χ1v) is 10.3. The van der Waals surface area contributed by atoms with Crippen molar-refractivity contribution in [2.75, 3.05) is 45.2 Å². The van der Waals surface area contributed by atoms with Crippen LogP contribution in [-0.4, -0.2) is 55.9 Å². The van der Waals surface area contributed by atoms with E-state index >= 15 is 0 Å². The Bertz CT molecular complexity index is 930. The van der Waals surface area contributed by atoms with Gasteiger partial charge in [0.1, 0.15) is 0 Å². The number of hydrogen-bond donors (Lipinski definition) is 0. The maximum absolute atomic E-state index is 5.97. The number of ether oxygens (including phenoxy) is 1. The van der Waals surface area contributed by atoms with E-state index in [1.807, 2.05) is 0 Å². The van der Waals surface area contributed by atoms with Crippen LogP contribution >= 0.6 is 0 Å². The summed E-state index contributed by atoms with van der Waals surface area (Å²) in [5, 5.41) is 1.33. The summed E-state index contributed by atoms with van der Waals surface area (Å²) in [6, 6.07) is 17.6. The number of rotatable bonds is 6. The molecule has 4 nitrogen and oxygen atoms in total. The van der Waals surface area contributed by atoms with Gasteiger partial charge in [-0.05, 0) is 56.1 Å². The first-order chi connectivity index (χ1) is 13.6. The molecule has 0 amide bonds. The monoisotopic (exact) mass is 377 g/mol. The molecule has 4 heteroatoms. The number of hydrogen-bond acceptors (Lipinski definition) is 3. The minimum atomic E-state index is 0.271. The summed E-state index contributed by atoms with van der Waals surface area (Å²) in [5.41, 5.74) is 5.49. The normalized spacial score (nSPS) is 17.6. The number of benzene rings is 2. The lowest BCUT2D eigenvalue weighted by molar-refractivity contribution is 0.0247. The first-order valence-electron chi connectivity index (χ1n) is 10.3. The Hall–Kier alpha value is -2.30. The Morgan fingerprint density at radius 3 is 2.79 bits per heavy atom. The highest BCUT2D eigenvalue weighted by atomic mass is 16.5. The van der Waals surface area contributed by atoms with Crippen molar-refractivity contribution in [3.63, 3.8) is 0 Å². The van der Waals surface area contributed by atoms with E-state index in [2.05, 4.69) is 90.1 Å². The predicted molar refractivity (Wildman–Crippen MR) is 117 cm³/mol. The van der Waals surface area contributed by atoms with Gasteiger partial charge in [-0.1, -0.05) is 36.4 Å². The molecule has 1 atom stereocenters. The fourth-order valence-electron chi connectivity index (χ4n) is 4.37. The number of aryl methyl sites for hydroxylation is 3. The lowest BCUT2D eigenvalue weighted by Crippen LogP contribution is -2.46. The van der Waals surface area contributed by atoms with Gasteiger partial charge in [-0.3, -0.25) is 0 Å². The summed E-state index contributed by atoms with van der Waals surface area (Å²) in [4.78, 5) is 4.71. The van der Waals surface area contributed by atoms with Crippen molar-refractivity contribution in [2.45, 2.75) is 26.0 Å². The molecule has 4 rings (SSSR count). The highest BCUT2D eigenvalue weighted by Gasteiger charge is 2.22. The predicted octanol–water partition coefficient (Wildman–Crippen LogP) is 3.96. The van der Waals surface area contributed by atoms with Crippen molar-refractivity contribution in [2.24, 2.45) is 0 Å². The van der Waals surface area contributed by atoms with Gasteiger partial charge in [-0.2, -0.15) is 0 Å². The second kappa shape index (κ2) is 8.38. The average Bonchev–Trinajstić information content (AvgIpc) is 3.11. The number of aromatic nitrogens is 1. The number of likely N-dealkylation sites (N-methyl/N-ethyl adjacent to an activating group) is 1. The molecule has 0 saturated carbocycles. The molecular weight excluding hydrogens is 346 g/mol. The molecule has 1 unspecified atom stereocenters. The fourth-order valence-corrected chi connectivity index (χ4v) is 4.37. The second-order valence-corrected chi connectivity index (χ2v) is 8.10. The molecule has 3 aromatic rings. The van der Waals surface area contributed by atoms with Gasteiger partial charge in [0.2, 0.25) is 0 Å². The number of morpholine rings is 1. The Morgan fingerprint density at radius 2 is 1.93 bits per heavy atom. The van der Waals surface area contributed by atoms with Crippen LogP contribution in [0.25, 0.3) is 10.9 Å². The summed E-state index contributed by atoms with van der Waals surface area (Å²) in [5.74, 6) is 0. The third kappa shape index (κ3) is 4.08. The van der Waals surface area contributed by atoms with E-state index in [1.54, 1.807) is 0 Å². The van der Waals surface area contributed by atoms with Crippen LogP contribution in [0.4, 0.5) is 5.69 Å². The third-order valence-electron chi connectivity index (χ3n) is 5.65. The van der Waals surface area contributed by atoms with E-state index in [-0.39, 0.29) is 6.10 Å². The van der Waals surface area contributed by atoms with Crippen LogP contribution in [-0.2, 0) is 17.7 Å². The molecule has 0 aliphatic carbocycles. The van der Waals surface area contributed by atoms with Crippen LogP contribution in [0.15, 0.2) is 54.7 Å². The highest BCUT2D eigenvalue weighted by Crippen LogP contribution is 2.25. The summed E-state index contributed by atoms with van der Waals surface area (Å²) in [7, 11) is 4.22. The van der Waals surface area contributed by atoms with E-state index in [1.165, 1.54) is 27.7 Å². The molecule has 0 bridgehead atoms. The molecule has 0 radical (unpaired) electrons. The maximum atomic E-state index is 5.97. The molecule has 2 aromatic carbocycles. The number of para-hydroxylation sites is 2. The van der Waals surface area contributed by atoms with Crippen molar-refractivity contribution in [1.29, 1.82) is 0 Å². The SMILES string of the molecule is Cc1cccc2ccn(CCc3ccccc3N3CCOC(CN(C)C)C3)c12. The van der Waals surface area contributed by atoms with Crippen molar-refractivity contribution in [1.82, 2.24) is 9.47 Å². The lowest BCUT2D eigenvalue weighted by atomic mass is 10.1. The van der Waals surface area contributed by atoms with Gasteiger partial charge in [-0.15, -0.1) is 0 Å². The van der Waals surface area contributed by atoms with Gasteiger partial charge < -0.3 is 19.1 Å². The third-order valence-corrected chi connectivity index (χ3v) is 5.65. The molecular formula is C24H31N3O. The van der Waals surface area contributed by atoms with Gasteiger partial charge in [-0.25, -0.2) is 0 Å². The molecule has 1 aliphatic rings. The average molecular weight is 378 g/mol. The Morgan fingerprint density at radius 1 is 1.07 bits per heavy atom. The molecule has 1 fully saturated rings. The summed E-state index contributed by atoms with van der Waals surface area (Å²) >= 11 is 0. The van der Waals surface area contributed by atoms with Crippen LogP contribution in [0.1, 0.15) is 11.1 Å². The molecule has 1 aliphatic heterocycles. The zero-order chi connectivity index (χ0) is 19.5. The van der Waals surface area contributed by atoms with Crippen molar-refractivity contribution < 1.29 is 4.74 Å². The van der Waals surface area contributed by atoms with Crippen molar-refractivity contribution in [3.8, 4) is 0 Å². The van der Waals surface area contributed by atoms with Gasteiger partial charge in [0.25, 0.3) is 0 Å². The molecule has 1 saturated heterocycles. The second-order valence-electron chi connectivity index (χ2n) is 8.10. The van der Waals surface area contributed by atoms with E-state index < -0.39 is 0 Å². The number of fused-ring (bicyclic) bond motifs is 1. The first kappa shape index (κ1) is 19.0. The van der Waals surface area contributed by atoms with Gasteiger partial charge in [0, 0.05) is 38.1 Å². The van der Waals surface area contributed by atoms with Crippen LogP contribution in [0, 0.1) is 6.92 Å². The number of anilines is 1. The maximum Gasteiger partial charge on any atom is 0.0877 e. The topological polar surface area (TPSA) is 20.6 Å². The van der Waals surface area contributed by atoms with E-state index in [0.29, 0.717) is 0 Å². The van der Waals surface area contributed by atoms with E-state index in [9.17, 15) is 0 Å². The molecule has 0 N–H and O–H groups in total. The molecule has 1 aromatic heterocycles. The van der Waals surface area contributed by atoms with Crippen LogP contribution in [0.3, 0.4) is 0 Å². The quantitative estimate of drug-likeness (QED) is 0.649. The Balaban J connectivity index is 1.51. The Labute approximate surface area is 168 Å². The van der Waals surface area contributed by atoms with Gasteiger partial charge in [0.15, 0.2) is 0 Å².